The van der Waals surface area contributed by atoms with Crippen LogP contribution in [0.15, 0.2) is 24.5 Å². The number of fused-ring (bicyclic) bond motifs is 2. The Bertz CT molecular complexity index is 446. The lowest BCUT2D eigenvalue weighted by molar-refractivity contribution is 0.0349. The second kappa shape index (κ2) is 4.93. The maximum Gasteiger partial charge on any atom is 0.254 e. The van der Waals surface area contributed by atoms with E-state index < -0.39 is 0 Å². The van der Waals surface area contributed by atoms with Gasteiger partial charge in [-0.05, 0) is 38.8 Å². The van der Waals surface area contributed by atoms with Crippen molar-refractivity contribution in [2.24, 2.45) is 0 Å². The molecule has 0 N–H and O–H groups in total. The molecule has 102 valence electrons. The molecule has 2 aliphatic rings. The molecular weight excluding hydrogens is 238 g/mol. The molecule has 0 saturated carbocycles. The summed E-state index contributed by atoms with van der Waals surface area (Å²) in [6.45, 7) is 6.51. The lowest BCUT2D eigenvalue weighted by Crippen LogP contribution is -2.57. The van der Waals surface area contributed by atoms with E-state index in [0.29, 0.717) is 18.1 Å². The normalized spacial score (nSPS) is 27.0. The number of likely N-dealkylation sites (tertiary alicyclic amines) is 1. The molecule has 1 aromatic rings. The molecule has 2 bridgehead atoms. The van der Waals surface area contributed by atoms with Gasteiger partial charge in [0.2, 0.25) is 0 Å². The number of hydrogen-bond acceptors (Lipinski definition) is 3. The molecule has 2 fully saturated rings. The zero-order valence-electron chi connectivity index (χ0n) is 11.6. The Kier molecular flexibility index (Phi) is 3.27. The number of amides is 1. The monoisotopic (exact) mass is 259 g/mol. The fraction of sp³-hybridized carbons (Fsp3) is 0.600. The van der Waals surface area contributed by atoms with Crippen LogP contribution in [0, 0.1) is 0 Å². The van der Waals surface area contributed by atoms with Gasteiger partial charge >= 0.3 is 0 Å². The summed E-state index contributed by atoms with van der Waals surface area (Å²) in [5.41, 5.74) is 0.768. The summed E-state index contributed by atoms with van der Waals surface area (Å²) >= 11 is 0. The van der Waals surface area contributed by atoms with Crippen molar-refractivity contribution in [1.82, 2.24) is 14.8 Å². The number of rotatable bonds is 2. The predicted molar refractivity (Wildman–Crippen MR) is 73.9 cm³/mol. The minimum atomic E-state index is 0.179. The van der Waals surface area contributed by atoms with Gasteiger partial charge < -0.3 is 4.90 Å². The maximum absolute atomic E-state index is 12.6. The summed E-state index contributed by atoms with van der Waals surface area (Å²) < 4.78 is 0. The van der Waals surface area contributed by atoms with Crippen LogP contribution in [0.5, 0.6) is 0 Å². The van der Waals surface area contributed by atoms with Crippen molar-refractivity contribution in [3.05, 3.63) is 30.1 Å². The van der Waals surface area contributed by atoms with Gasteiger partial charge in [0.25, 0.3) is 5.91 Å². The SMILES string of the molecule is CC(C)N1CC2CCC(C1)N2C(=O)c1ccncc1. The molecule has 4 nitrogen and oxygen atoms in total. The average Bonchev–Trinajstić information content (AvgIpc) is 2.68. The van der Waals surface area contributed by atoms with Crippen molar-refractivity contribution in [2.75, 3.05) is 13.1 Å². The summed E-state index contributed by atoms with van der Waals surface area (Å²) in [5, 5.41) is 0. The molecule has 0 aromatic carbocycles. The molecule has 19 heavy (non-hydrogen) atoms. The van der Waals surface area contributed by atoms with Gasteiger partial charge in [0.1, 0.15) is 0 Å². The van der Waals surface area contributed by atoms with Crippen LogP contribution in [0.25, 0.3) is 0 Å². The second-order valence-corrected chi connectivity index (χ2v) is 5.88. The van der Waals surface area contributed by atoms with Gasteiger partial charge in [-0.25, -0.2) is 0 Å². The zero-order chi connectivity index (χ0) is 13.4. The summed E-state index contributed by atoms with van der Waals surface area (Å²) in [6.07, 6.45) is 5.68. The van der Waals surface area contributed by atoms with Crippen LogP contribution >= 0.6 is 0 Å². The topological polar surface area (TPSA) is 36.4 Å². The number of carbonyl (C=O) groups excluding carboxylic acids is 1. The van der Waals surface area contributed by atoms with E-state index in [9.17, 15) is 4.79 Å². The van der Waals surface area contributed by atoms with Crippen molar-refractivity contribution in [3.63, 3.8) is 0 Å². The first kappa shape index (κ1) is 12.6. The Morgan fingerprint density at radius 3 is 2.32 bits per heavy atom. The predicted octanol–water partition coefficient (Wildman–Crippen LogP) is 1.78. The number of piperazine rings is 1. The van der Waals surface area contributed by atoms with E-state index in [4.69, 9.17) is 0 Å². The molecule has 2 aliphatic heterocycles. The number of nitrogens with zero attached hydrogens (tertiary/aromatic N) is 3. The molecule has 0 aliphatic carbocycles. The Hall–Kier alpha value is -1.42. The van der Waals surface area contributed by atoms with Crippen LogP contribution in [0.3, 0.4) is 0 Å². The summed E-state index contributed by atoms with van der Waals surface area (Å²) in [6, 6.07) is 4.98. The van der Waals surface area contributed by atoms with Gasteiger partial charge in [-0.3, -0.25) is 14.7 Å². The summed E-state index contributed by atoms with van der Waals surface area (Å²) in [7, 11) is 0. The Morgan fingerprint density at radius 1 is 1.21 bits per heavy atom. The molecule has 0 radical (unpaired) electrons. The van der Waals surface area contributed by atoms with Gasteiger partial charge in [-0.1, -0.05) is 0 Å². The van der Waals surface area contributed by atoms with Crippen molar-refractivity contribution in [3.8, 4) is 0 Å². The third-order valence-corrected chi connectivity index (χ3v) is 4.40. The van der Waals surface area contributed by atoms with Crippen molar-refractivity contribution in [1.29, 1.82) is 0 Å². The van der Waals surface area contributed by atoms with E-state index in [1.807, 2.05) is 12.1 Å². The van der Waals surface area contributed by atoms with Gasteiger partial charge in [0, 0.05) is 49.2 Å². The molecule has 2 atom stereocenters. The van der Waals surface area contributed by atoms with Crippen LogP contribution in [0.2, 0.25) is 0 Å². The first-order chi connectivity index (χ1) is 9.16. The maximum atomic E-state index is 12.6. The fourth-order valence-corrected chi connectivity index (χ4v) is 3.33. The van der Waals surface area contributed by atoms with Gasteiger partial charge in [0.15, 0.2) is 0 Å². The Balaban J connectivity index is 1.79. The number of hydrogen-bond donors (Lipinski definition) is 0. The van der Waals surface area contributed by atoms with Gasteiger partial charge in [-0.2, -0.15) is 0 Å². The lowest BCUT2D eigenvalue weighted by atomic mass is 10.1. The van der Waals surface area contributed by atoms with Crippen LogP contribution < -0.4 is 0 Å². The Labute approximate surface area is 114 Å². The molecule has 2 saturated heterocycles. The van der Waals surface area contributed by atoms with E-state index in [1.165, 1.54) is 0 Å². The highest BCUT2D eigenvalue weighted by Gasteiger charge is 2.43. The molecular formula is C15H21N3O. The van der Waals surface area contributed by atoms with E-state index in [1.54, 1.807) is 12.4 Å². The highest BCUT2D eigenvalue weighted by atomic mass is 16.2. The average molecular weight is 259 g/mol. The first-order valence-electron chi connectivity index (χ1n) is 7.13. The minimum Gasteiger partial charge on any atom is -0.330 e. The third-order valence-electron chi connectivity index (χ3n) is 4.40. The standard InChI is InChI=1S/C15H21N3O/c1-11(2)17-9-13-3-4-14(10-17)18(13)15(19)12-5-7-16-8-6-12/h5-8,11,13-14H,3-4,9-10H2,1-2H3. The van der Waals surface area contributed by atoms with E-state index in [0.717, 1.165) is 31.5 Å². The molecule has 3 heterocycles. The van der Waals surface area contributed by atoms with Crippen LogP contribution in [0.1, 0.15) is 37.0 Å². The van der Waals surface area contributed by atoms with E-state index in [2.05, 4.69) is 28.6 Å². The molecule has 4 heteroatoms. The zero-order valence-corrected chi connectivity index (χ0v) is 11.6. The molecule has 1 amide bonds. The van der Waals surface area contributed by atoms with Crippen LogP contribution in [-0.4, -0.2) is 51.9 Å². The van der Waals surface area contributed by atoms with Crippen molar-refractivity contribution in [2.45, 2.75) is 44.8 Å². The molecule has 3 rings (SSSR count). The Morgan fingerprint density at radius 2 is 1.79 bits per heavy atom. The second-order valence-electron chi connectivity index (χ2n) is 5.88. The largest absolute Gasteiger partial charge is 0.330 e. The lowest BCUT2D eigenvalue weighted by Gasteiger charge is -2.42. The highest BCUT2D eigenvalue weighted by Crippen LogP contribution is 2.32. The van der Waals surface area contributed by atoms with Crippen molar-refractivity contribution < 1.29 is 4.79 Å². The number of aromatic nitrogens is 1. The minimum absolute atomic E-state index is 0.179. The molecule has 1 aromatic heterocycles. The molecule has 0 spiro atoms. The van der Waals surface area contributed by atoms with Crippen molar-refractivity contribution >= 4 is 5.91 Å². The quantitative estimate of drug-likeness (QED) is 0.812. The highest BCUT2D eigenvalue weighted by molar-refractivity contribution is 5.94. The number of carbonyl (C=O) groups is 1. The van der Waals surface area contributed by atoms with E-state index in [-0.39, 0.29) is 5.91 Å². The van der Waals surface area contributed by atoms with Gasteiger partial charge in [0.05, 0.1) is 0 Å². The smallest absolute Gasteiger partial charge is 0.254 e. The van der Waals surface area contributed by atoms with Crippen LogP contribution in [-0.2, 0) is 0 Å². The summed E-state index contributed by atoms with van der Waals surface area (Å²) in [5.74, 6) is 0.179. The van der Waals surface area contributed by atoms with Crippen LogP contribution in [0.4, 0.5) is 0 Å². The van der Waals surface area contributed by atoms with Gasteiger partial charge in [-0.15, -0.1) is 0 Å². The van der Waals surface area contributed by atoms with E-state index >= 15 is 0 Å². The first-order valence-corrected chi connectivity index (χ1v) is 7.13. The summed E-state index contributed by atoms with van der Waals surface area (Å²) in [4.78, 5) is 21.2. The fourth-order valence-electron chi connectivity index (χ4n) is 3.33. The third kappa shape index (κ3) is 2.25. The molecule has 2 unspecified atom stereocenters. The number of pyridine rings is 1.